The van der Waals surface area contributed by atoms with Crippen molar-refractivity contribution >= 4 is 8.58 Å². The Kier molecular flexibility index (Phi) is 2.93. The van der Waals surface area contributed by atoms with Crippen LogP contribution in [0.1, 0.15) is 20.8 Å². The molecule has 1 unspecified atom stereocenters. The number of hydrogen-bond donors (Lipinski definition) is 0. The maximum Gasteiger partial charge on any atom is 0.0117 e. The zero-order valence-electron chi connectivity index (χ0n) is 8.65. The zero-order chi connectivity index (χ0) is 10.1. The molecule has 0 N–H and O–H groups in total. The molecule has 0 aromatic heterocycles. The van der Waals surface area contributed by atoms with E-state index in [2.05, 4.69) is 39.2 Å². The second kappa shape index (κ2) is 3.64. The third-order valence-corrected chi connectivity index (χ3v) is 3.78. The fourth-order valence-corrected chi connectivity index (χ4v) is 2.97. The average molecular weight is 192 g/mol. The smallest absolute Gasteiger partial charge is 0.0117 e. The molecule has 0 bridgehead atoms. The minimum Gasteiger partial charge on any atom is -0.0910 e. The van der Waals surface area contributed by atoms with E-state index in [0.717, 1.165) is 14.2 Å². The van der Waals surface area contributed by atoms with Crippen molar-refractivity contribution in [3.8, 4) is 0 Å². The van der Waals surface area contributed by atoms with Crippen LogP contribution in [0, 0.1) is 0 Å². The predicted molar refractivity (Wildman–Crippen MR) is 63.6 cm³/mol. The molecular formula is C12H17P. The molecule has 1 saturated heterocycles. The van der Waals surface area contributed by atoms with E-state index >= 15 is 0 Å². The highest BCUT2D eigenvalue weighted by atomic mass is 31.1. The Morgan fingerprint density at radius 2 is 1.92 bits per heavy atom. The summed E-state index contributed by atoms with van der Waals surface area (Å²) in [4.78, 5) is 0. The second-order valence-corrected chi connectivity index (χ2v) is 5.92. The van der Waals surface area contributed by atoms with Crippen LogP contribution in [0.3, 0.4) is 0 Å². The van der Waals surface area contributed by atoms with Crippen molar-refractivity contribution < 1.29 is 0 Å². The molecule has 0 radical (unpaired) electrons. The number of hydrogen-bond acceptors (Lipinski definition) is 0. The van der Waals surface area contributed by atoms with Crippen molar-refractivity contribution in [3.05, 3.63) is 47.8 Å². The summed E-state index contributed by atoms with van der Waals surface area (Å²) in [5.41, 5.74) is 2.48. The molecule has 0 aliphatic carbocycles. The topological polar surface area (TPSA) is 0 Å². The van der Waals surface area contributed by atoms with E-state index in [1.807, 2.05) is 13.0 Å². The molecular weight excluding hydrogens is 175 g/mol. The molecule has 0 amide bonds. The van der Waals surface area contributed by atoms with Gasteiger partial charge in [0.2, 0.25) is 0 Å². The van der Waals surface area contributed by atoms with Crippen molar-refractivity contribution in [2.24, 2.45) is 0 Å². The van der Waals surface area contributed by atoms with Crippen LogP contribution in [0.2, 0.25) is 0 Å². The lowest BCUT2D eigenvalue weighted by molar-refractivity contribution is 0.858. The van der Waals surface area contributed by atoms with Gasteiger partial charge in [-0.05, 0) is 23.4 Å². The largest absolute Gasteiger partial charge is 0.0910 e. The molecule has 1 heteroatoms. The predicted octanol–water partition coefficient (Wildman–Crippen LogP) is 4.03. The van der Waals surface area contributed by atoms with Crippen LogP contribution < -0.4 is 0 Å². The molecule has 1 atom stereocenters. The van der Waals surface area contributed by atoms with Crippen LogP contribution in [0.5, 0.6) is 0 Å². The first-order valence-electron chi connectivity index (χ1n) is 4.49. The van der Waals surface area contributed by atoms with Gasteiger partial charge in [-0.1, -0.05) is 53.8 Å². The fraction of sp³-hybridized carbons (Fsp3) is 0.333. The summed E-state index contributed by atoms with van der Waals surface area (Å²) in [6.07, 6.45) is 6.28. The van der Waals surface area contributed by atoms with E-state index < -0.39 is 0 Å². The molecule has 1 fully saturated rings. The molecule has 0 aromatic carbocycles. The Morgan fingerprint density at radius 3 is 2.31 bits per heavy atom. The van der Waals surface area contributed by atoms with E-state index in [4.69, 9.17) is 0 Å². The summed E-state index contributed by atoms with van der Waals surface area (Å²) in [5, 5.41) is 1.45. The van der Waals surface area contributed by atoms with Crippen LogP contribution >= 0.6 is 8.58 Å². The highest BCUT2D eigenvalue weighted by molar-refractivity contribution is 7.46. The summed E-state index contributed by atoms with van der Waals surface area (Å²) < 4.78 is 0. The molecule has 70 valence electrons. The third kappa shape index (κ3) is 2.00. The van der Waals surface area contributed by atoms with Crippen LogP contribution in [0.25, 0.3) is 0 Å². The van der Waals surface area contributed by atoms with Gasteiger partial charge in [-0.2, -0.15) is 0 Å². The van der Waals surface area contributed by atoms with Gasteiger partial charge in [-0.25, -0.2) is 0 Å². The second-order valence-electron chi connectivity index (χ2n) is 3.81. The maximum absolute atomic E-state index is 4.07. The SMILES string of the molecule is C=C1PC(C)(C)/C(=C/C=C\C)C1=C. The van der Waals surface area contributed by atoms with Crippen molar-refractivity contribution in [2.45, 2.75) is 25.9 Å². The van der Waals surface area contributed by atoms with Gasteiger partial charge in [-0.15, -0.1) is 0 Å². The Hall–Kier alpha value is -0.610. The Balaban J connectivity index is 3.07. The first-order valence-corrected chi connectivity index (χ1v) is 5.49. The van der Waals surface area contributed by atoms with E-state index in [1.54, 1.807) is 0 Å². The fourth-order valence-electron chi connectivity index (χ4n) is 1.56. The minimum atomic E-state index is 0.244. The third-order valence-electron chi connectivity index (χ3n) is 2.28. The van der Waals surface area contributed by atoms with Gasteiger partial charge in [0.15, 0.2) is 0 Å². The van der Waals surface area contributed by atoms with E-state index in [-0.39, 0.29) is 5.16 Å². The first kappa shape index (κ1) is 10.5. The van der Waals surface area contributed by atoms with E-state index in [0.29, 0.717) is 0 Å². The van der Waals surface area contributed by atoms with Crippen LogP contribution in [-0.2, 0) is 0 Å². The molecule has 1 heterocycles. The normalized spacial score (nSPS) is 26.8. The van der Waals surface area contributed by atoms with Crippen LogP contribution in [-0.4, -0.2) is 5.16 Å². The molecule has 1 rings (SSSR count). The average Bonchev–Trinajstić information content (AvgIpc) is 2.20. The highest BCUT2D eigenvalue weighted by Gasteiger charge is 2.33. The first-order chi connectivity index (χ1) is 5.99. The van der Waals surface area contributed by atoms with E-state index in [1.165, 1.54) is 10.9 Å². The molecule has 0 aromatic rings. The monoisotopic (exact) mass is 192 g/mol. The van der Waals surface area contributed by atoms with Crippen LogP contribution in [0.4, 0.5) is 0 Å². The molecule has 0 spiro atoms. The van der Waals surface area contributed by atoms with Gasteiger partial charge in [0, 0.05) is 5.16 Å². The summed E-state index contributed by atoms with van der Waals surface area (Å²) in [6, 6.07) is 0. The zero-order valence-corrected chi connectivity index (χ0v) is 9.65. The summed E-state index contributed by atoms with van der Waals surface area (Å²) in [6.45, 7) is 14.6. The van der Waals surface area contributed by atoms with Gasteiger partial charge < -0.3 is 0 Å². The quantitative estimate of drug-likeness (QED) is 0.550. The van der Waals surface area contributed by atoms with Crippen molar-refractivity contribution in [3.63, 3.8) is 0 Å². The minimum absolute atomic E-state index is 0.244. The highest BCUT2D eigenvalue weighted by Crippen LogP contribution is 2.56. The molecule has 0 nitrogen and oxygen atoms in total. The molecule has 1 aliphatic heterocycles. The molecule has 0 saturated carbocycles. The van der Waals surface area contributed by atoms with E-state index in [9.17, 15) is 0 Å². The molecule has 1 aliphatic rings. The molecule has 13 heavy (non-hydrogen) atoms. The van der Waals surface area contributed by atoms with Crippen molar-refractivity contribution in [1.82, 2.24) is 0 Å². The Labute approximate surface area is 82.9 Å². The summed E-state index contributed by atoms with van der Waals surface area (Å²) in [5.74, 6) is 0. The standard InChI is InChI=1S/C12H17P/c1-6-7-8-11-9(2)10(3)13-12(11,4)5/h6-8,13H,2-3H2,1,4-5H3/b7-6-,11-8+. The summed E-state index contributed by atoms with van der Waals surface area (Å²) >= 11 is 0. The van der Waals surface area contributed by atoms with Gasteiger partial charge in [-0.3, -0.25) is 0 Å². The summed E-state index contributed by atoms with van der Waals surface area (Å²) in [7, 11) is 0.785. The van der Waals surface area contributed by atoms with Gasteiger partial charge >= 0.3 is 0 Å². The maximum atomic E-state index is 4.07. The lowest BCUT2D eigenvalue weighted by Crippen LogP contribution is -2.10. The lowest BCUT2D eigenvalue weighted by Gasteiger charge is -2.18. The number of rotatable bonds is 1. The Morgan fingerprint density at radius 1 is 1.31 bits per heavy atom. The van der Waals surface area contributed by atoms with Gasteiger partial charge in [0.25, 0.3) is 0 Å². The van der Waals surface area contributed by atoms with Crippen LogP contribution in [0.15, 0.2) is 47.8 Å². The number of allylic oxidation sites excluding steroid dienone is 6. The van der Waals surface area contributed by atoms with Gasteiger partial charge in [0.05, 0.1) is 0 Å². The van der Waals surface area contributed by atoms with Crippen molar-refractivity contribution in [1.29, 1.82) is 0 Å². The van der Waals surface area contributed by atoms with Crippen molar-refractivity contribution in [2.75, 3.05) is 0 Å². The Bertz CT molecular complexity index is 303. The lowest BCUT2D eigenvalue weighted by atomic mass is 9.95. The van der Waals surface area contributed by atoms with Gasteiger partial charge in [0.1, 0.15) is 0 Å².